The lowest BCUT2D eigenvalue weighted by Crippen LogP contribution is -2.43. The summed E-state index contributed by atoms with van der Waals surface area (Å²) in [5, 5.41) is 17.8. The molecule has 25 heavy (non-hydrogen) atoms. The second-order valence-electron chi connectivity index (χ2n) is 6.40. The summed E-state index contributed by atoms with van der Waals surface area (Å²) in [6.45, 7) is 0.798. The van der Waals surface area contributed by atoms with Crippen LogP contribution in [0.4, 0.5) is 0 Å². The Morgan fingerprint density at radius 3 is 2.76 bits per heavy atom. The number of hydrogen-bond acceptors (Lipinski definition) is 4. The van der Waals surface area contributed by atoms with Crippen molar-refractivity contribution in [2.45, 2.75) is 24.9 Å². The summed E-state index contributed by atoms with van der Waals surface area (Å²) >= 11 is 3.53. The molecule has 0 radical (unpaired) electrons. The molecule has 5 nitrogen and oxygen atoms in total. The van der Waals surface area contributed by atoms with Gasteiger partial charge in [0, 0.05) is 11.0 Å². The Labute approximate surface area is 154 Å². The highest BCUT2D eigenvalue weighted by molar-refractivity contribution is 9.10. The van der Waals surface area contributed by atoms with Gasteiger partial charge in [-0.3, -0.25) is 0 Å². The molecular formula is C19H19BrN4O. The minimum atomic E-state index is -0.361. The van der Waals surface area contributed by atoms with Crippen LogP contribution >= 0.6 is 15.9 Å². The van der Waals surface area contributed by atoms with Crippen molar-refractivity contribution >= 4 is 15.9 Å². The van der Waals surface area contributed by atoms with E-state index in [9.17, 15) is 5.11 Å². The van der Waals surface area contributed by atoms with E-state index in [0.29, 0.717) is 6.54 Å². The predicted molar refractivity (Wildman–Crippen MR) is 99.4 cm³/mol. The zero-order chi connectivity index (χ0) is 17.3. The van der Waals surface area contributed by atoms with Crippen molar-refractivity contribution in [1.29, 1.82) is 0 Å². The minimum absolute atomic E-state index is 0.0959. The number of aryl methyl sites for hydroxylation is 1. The molecule has 0 amide bonds. The molecule has 0 saturated carbocycles. The summed E-state index contributed by atoms with van der Waals surface area (Å²) in [5.74, 6) is 0. The van der Waals surface area contributed by atoms with Crippen LogP contribution < -0.4 is 5.32 Å². The second kappa shape index (κ2) is 6.71. The largest absolute Gasteiger partial charge is 0.394 e. The van der Waals surface area contributed by atoms with E-state index >= 15 is 0 Å². The second-order valence-corrected chi connectivity index (χ2v) is 7.32. The van der Waals surface area contributed by atoms with Crippen LogP contribution in [0.25, 0.3) is 5.69 Å². The van der Waals surface area contributed by atoms with Crippen LogP contribution in [-0.2, 0) is 18.5 Å². The molecule has 1 heterocycles. The van der Waals surface area contributed by atoms with E-state index in [4.69, 9.17) is 0 Å². The number of halogens is 1. The highest BCUT2D eigenvalue weighted by Crippen LogP contribution is 2.38. The molecule has 4 rings (SSSR count). The Balaban J connectivity index is 1.51. The fourth-order valence-electron chi connectivity index (χ4n) is 3.50. The van der Waals surface area contributed by atoms with Crippen LogP contribution in [0, 0.1) is 0 Å². The number of rotatable bonds is 5. The lowest BCUT2D eigenvalue weighted by atomic mass is 9.92. The molecular weight excluding hydrogens is 380 g/mol. The predicted octanol–water partition coefficient (Wildman–Crippen LogP) is 2.95. The van der Waals surface area contributed by atoms with Crippen molar-refractivity contribution in [2.75, 3.05) is 6.61 Å². The van der Waals surface area contributed by atoms with Crippen LogP contribution in [0.15, 0.2) is 59.6 Å². The van der Waals surface area contributed by atoms with Crippen LogP contribution in [0.2, 0.25) is 0 Å². The number of benzene rings is 2. The zero-order valence-electron chi connectivity index (χ0n) is 13.7. The van der Waals surface area contributed by atoms with Crippen molar-refractivity contribution in [1.82, 2.24) is 20.1 Å². The summed E-state index contributed by atoms with van der Waals surface area (Å²) in [6.07, 6.45) is 5.10. The smallest absolute Gasteiger partial charge is 0.138 e. The monoisotopic (exact) mass is 398 g/mol. The van der Waals surface area contributed by atoms with Gasteiger partial charge in [0.05, 0.1) is 17.8 Å². The number of aliphatic hydroxyl groups is 1. The summed E-state index contributed by atoms with van der Waals surface area (Å²) < 4.78 is 2.82. The van der Waals surface area contributed by atoms with Crippen molar-refractivity contribution in [3.05, 3.63) is 76.3 Å². The number of aliphatic hydroxyl groups excluding tert-OH is 1. The van der Waals surface area contributed by atoms with Gasteiger partial charge in [0.1, 0.15) is 12.7 Å². The Bertz CT molecular complexity index is 864. The third-order valence-corrected chi connectivity index (χ3v) is 5.42. The van der Waals surface area contributed by atoms with Gasteiger partial charge in [0.25, 0.3) is 0 Å². The molecule has 0 spiro atoms. The summed E-state index contributed by atoms with van der Waals surface area (Å²) in [7, 11) is 0. The first-order valence-corrected chi connectivity index (χ1v) is 9.08. The first-order chi connectivity index (χ1) is 12.2. The molecule has 1 atom stereocenters. The van der Waals surface area contributed by atoms with Crippen LogP contribution in [0.1, 0.15) is 23.1 Å². The fraction of sp³-hybridized carbons (Fsp3) is 0.263. The Hall–Kier alpha value is -2.02. The van der Waals surface area contributed by atoms with E-state index in [1.54, 1.807) is 11.0 Å². The molecule has 0 aliphatic heterocycles. The van der Waals surface area contributed by atoms with Gasteiger partial charge in [-0.25, -0.2) is 9.67 Å². The minimum Gasteiger partial charge on any atom is -0.394 e. The Kier molecular flexibility index (Phi) is 4.41. The third kappa shape index (κ3) is 3.13. The molecule has 1 unspecified atom stereocenters. The highest BCUT2D eigenvalue weighted by atomic mass is 79.9. The number of nitrogens with zero attached hydrogens (tertiary/aromatic N) is 3. The standard InChI is InChI=1S/C19H19BrN4O/c20-16-3-6-18-15(9-16)7-8-19(18,11-25)22-10-14-1-4-17(5-2-14)24-13-21-12-23-24/h1-6,9,12-13,22,25H,7-8,10-11H2. The molecule has 2 aromatic carbocycles. The highest BCUT2D eigenvalue weighted by Gasteiger charge is 2.37. The van der Waals surface area contributed by atoms with E-state index in [-0.39, 0.29) is 12.1 Å². The third-order valence-electron chi connectivity index (χ3n) is 4.92. The first-order valence-electron chi connectivity index (χ1n) is 8.29. The molecule has 1 aliphatic rings. The van der Waals surface area contributed by atoms with E-state index in [1.165, 1.54) is 23.0 Å². The number of nitrogens with one attached hydrogen (secondary N) is 1. The van der Waals surface area contributed by atoms with Crippen LogP contribution in [0.5, 0.6) is 0 Å². The number of hydrogen-bond donors (Lipinski definition) is 2. The maximum absolute atomic E-state index is 10.1. The van der Waals surface area contributed by atoms with Gasteiger partial charge in [-0.15, -0.1) is 0 Å². The summed E-state index contributed by atoms with van der Waals surface area (Å²) in [6, 6.07) is 14.5. The molecule has 6 heteroatoms. The maximum Gasteiger partial charge on any atom is 0.138 e. The lowest BCUT2D eigenvalue weighted by molar-refractivity contribution is 0.159. The average molecular weight is 399 g/mol. The van der Waals surface area contributed by atoms with Crippen molar-refractivity contribution in [3.63, 3.8) is 0 Å². The Morgan fingerprint density at radius 2 is 2.04 bits per heavy atom. The van der Waals surface area contributed by atoms with E-state index in [1.807, 2.05) is 18.2 Å². The van der Waals surface area contributed by atoms with Crippen molar-refractivity contribution in [2.24, 2.45) is 0 Å². The molecule has 0 bridgehead atoms. The molecule has 1 aromatic heterocycles. The number of fused-ring (bicyclic) bond motifs is 1. The van der Waals surface area contributed by atoms with Crippen LogP contribution in [0.3, 0.4) is 0 Å². The average Bonchev–Trinajstić information content (AvgIpc) is 3.29. The normalized spacial score (nSPS) is 19.1. The van der Waals surface area contributed by atoms with E-state index < -0.39 is 0 Å². The summed E-state index contributed by atoms with van der Waals surface area (Å²) in [4.78, 5) is 3.97. The molecule has 0 fully saturated rings. The van der Waals surface area contributed by atoms with Crippen LogP contribution in [-0.4, -0.2) is 26.5 Å². The molecule has 2 N–H and O–H groups in total. The maximum atomic E-state index is 10.1. The van der Waals surface area contributed by atoms with Gasteiger partial charge in [0.15, 0.2) is 0 Å². The molecule has 3 aromatic rings. The summed E-state index contributed by atoms with van der Waals surface area (Å²) in [5.41, 5.74) is 4.30. The van der Waals surface area contributed by atoms with Gasteiger partial charge in [0.2, 0.25) is 0 Å². The molecule has 1 aliphatic carbocycles. The van der Waals surface area contributed by atoms with E-state index in [2.05, 4.69) is 55.6 Å². The number of aromatic nitrogens is 3. The lowest BCUT2D eigenvalue weighted by Gasteiger charge is -2.30. The molecule has 128 valence electrons. The quantitative estimate of drug-likeness (QED) is 0.693. The van der Waals surface area contributed by atoms with Crippen molar-refractivity contribution < 1.29 is 5.11 Å². The Morgan fingerprint density at radius 1 is 1.20 bits per heavy atom. The fourth-order valence-corrected chi connectivity index (χ4v) is 3.91. The van der Waals surface area contributed by atoms with Crippen molar-refractivity contribution in [3.8, 4) is 5.69 Å². The SMILES string of the molecule is OCC1(NCc2ccc(-n3cncn3)cc2)CCc2cc(Br)ccc21. The van der Waals surface area contributed by atoms with Gasteiger partial charge in [-0.05, 0) is 53.8 Å². The van der Waals surface area contributed by atoms with Gasteiger partial charge >= 0.3 is 0 Å². The van der Waals surface area contributed by atoms with Gasteiger partial charge in [-0.1, -0.05) is 34.1 Å². The molecule has 0 saturated heterocycles. The van der Waals surface area contributed by atoms with Gasteiger partial charge in [-0.2, -0.15) is 5.10 Å². The topological polar surface area (TPSA) is 63.0 Å². The van der Waals surface area contributed by atoms with Gasteiger partial charge < -0.3 is 10.4 Å². The van der Waals surface area contributed by atoms with E-state index in [0.717, 1.165) is 23.0 Å². The first kappa shape index (κ1) is 16.4. The zero-order valence-corrected chi connectivity index (χ0v) is 15.3.